The minimum Gasteiger partial charge on any atom is -0.394 e. The number of alkyl halides is 2. The number of nitrogens with two attached hydrogens (primary N) is 1. The van der Waals surface area contributed by atoms with Gasteiger partial charge in [0.15, 0.2) is 5.52 Å². The number of nitrogens with zero attached hydrogens (tertiary/aromatic N) is 5. The Morgan fingerprint density at radius 1 is 1.52 bits per heavy atom. The summed E-state index contributed by atoms with van der Waals surface area (Å²) in [5.41, 5.74) is 6.86. The first-order valence-corrected chi connectivity index (χ1v) is 10.0. The van der Waals surface area contributed by atoms with Gasteiger partial charge in [-0.2, -0.15) is 0 Å². The standard InChI is InChI=1S/C11H12N6O.C3H6I2/c1-13-11-15-9(12)8-10(16-11)17(6-14-8)7-4-2-3-5-18-7;1-3(5)2-4/h6-7H,2-5H2,(H2,12,15,16);3H,2H2,1H3. The molecule has 3 rings (SSSR count). The second-order valence-corrected chi connectivity index (χ2v) is 8.11. The van der Waals surface area contributed by atoms with Crippen molar-refractivity contribution in [1.29, 1.82) is 0 Å². The molecule has 2 atom stereocenters. The van der Waals surface area contributed by atoms with Crippen LogP contribution in [-0.2, 0) is 4.74 Å². The van der Waals surface area contributed by atoms with Gasteiger partial charge in [0.1, 0.15) is 12.6 Å². The van der Waals surface area contributed by atoms with E-state index < -0.39 is 0 Å². The van der Waals surface area contributed by atoms with Crippen LogP contribution in [0.5, 0.6) is 0 Å². The molecule has 2 unspecified atom stereocenters. The largest absolute Gasteiger partial charge is 0.394 e. The highest BCUT2D eigenvalue weighted by atomic mass is 127. The maximum Gasteiger partial charge on any atom is 0.375 e. The SMILES string of the molecule is CC(I)CI.[C-]#[N+]c1nc(N)c2ncn(C3CCCCO3)c2n1. The summed E-state index contributed by atoms with van der Waals surface area (Å²) in [5, 5.41) is 0. The van der Waals surface area contributed by atoms with Crippen molar-refractivity contribution in [2.45, 2.75) is 36.3 Å². The van der Waals surface area contributed by atoms with Gasteiger partial charge < -0.3 is 15.3 Å². The molecule has 1 aliphatic heterocycles. The number of imidazole rings is 1. The Bertz CT molecular complexity index is 690. The zero-order valence-corrected chi connectivity index (χ0v) is 17.1. The smallest absolute Gasteiger partial charge is 0.375 e. The van der Waals surface area contributed by atoms with Crippen molar-refractivity contribution < 1.29 is 4.74 Å². The monoisotopic (exact) mass is 540 g/mol. The molecule has 1 fully saturated rings. The van der Waals surface area contributed by atoms with E-state index in [4.69, 9.17) is 17.0 Å². The molecule has 0 aromatic carbocycles. The molecule has 0 saturated carbocycles. The van der Waals surface area contributed by atoms with Crippen LogP contribution < -0.4 is 5.73 Å². The Balaban J connectivity index is 0.000000338. The molecule has 0 aliphatic carbocycles. The Labute approximate surface area is 162 Å². The number of hydrogen-bond acceptors (Lipinski definition) is 5. The van der Waals surface area contributed by atoms with E-state index in [2.05, 4.69) is 71.9 Å². The lowest BCUT2D eigenvalue weighted by atomic mass is 10.2. The Morgan fingerprint density at radius 3 is 2.83 bits per heavy atom. The van der Waals surface area contributed by atoms with E-state index in [9.17, 15) is 0 Å². The lowest BCUT2D eigenvalue weighted by Crippen LogP contribution is -2.17. The predicted molar refractivity (Wildman–Crippen MR) is 107 cm³/mol. The number of fused-ring (bicyclic) bond motifs is 1. The summed E-state index contributed by atoms with van der Waals surface area (Å²) in [7, 11) is 0. The van der Waals surface area contributed by atoms with Crippen molar-refractivity contribution in [2.75, 3.05) is 16.8 Å². The van der Waals surface area contributed by atoms with Crippen LogP contribution in [0.2, 0.25) is 0 Å². The second kappa shape index (κ2) is 8.93. The van der Waals surface area contributed by atoms with Crippen LogP contribution in [0.1, 0.15) is 32.4 Å². The Hall–Kier alpha value is -0.740. The van der Waals surface area contributed by atoms with Gasteiger partial charge in [0.25, 0.3) is 0 Å². The topological polar surface area (TPSA) is 83.2 Å². The molecule has 0 bridgehead atoms. The highest BCUT2D eigenvalue weighted by molar-refractivity contribution is 14.1. The first-order valence-electron chi connectivity index (χ1n) is 7.26. The van der Waals surface area contributed by atoms with Gasteiger partial charge in [0, 0.05) is 15.0 Å². The first-order chi connectivity index (χ1) is 11.1. The molecule has 0 radical (unpaired) electrons. The van der Waals surface area contributed by atoms with Crippen molar-refractivity contribution in [3.63, 3.8) is 0 Å². The van der Waals surface area contributed by atoms with Crippen LogP contribution in [0.25, 0.3) is 16.0 Å². The molecule has 0 amide bonds. The summed E-state index contributed by atoms with van der Waals surface area (Å²) in [6, 6.07) is 0. The summed E-state index contributed by atoms with van der Waals surface area (Å²) in [4.78, 5) is 15.5. The number of anilines is 1. The molecule has 124 valence electrons. The van der Waals surface area contributed by atoms with Crippen molar-refractivity contribution in [2.24, 2.45) is 0 Å². The maximum atomic E-state index is 6.97. The highest BCUT2D eigenvalue weighted by Gasteiger charge is 2.22. The third-order valence-corrected chi connectivity index (χ3v) is 6.66. The summed E-state index contributed by atoms with van der Waals surface area (Å²) in [6.45, 7) is 9.91. The van der Waals surface area contributed by atoms with Crippen LogP contribution in [0.15, 0.2) is 6.33 Å². The van der Waals surface area contributed by atoms with Gasteiger partial charge in [0.2, 0.25) is 11.5 Å². The fraction of sp³-hybridized carbons (Fsp3) is 0.571. The van der Waals surface area contributed by atoms with E-state index in [-0.39, 0.29) is 18.0 Å². The average Bonchev–Trinajstić information content (AvgIpc) is 3.00. The normalized spacial score (nSPS) is 18.8. The fourth-order valence-electron chi connectivity index (χ4n) is 2.13. The third-order valence-electron chi connectivity index (χ3n) is 3.22. The molecule has 1 saturated heterocycles. The average molecular weight is 540 g/mol. The number of ether oxygens (including phenoxy) is 1. The minimum absolute atomic E-state index is 0.0394. The molecular formula is C14H18I2N6O. The van der Waals surface area contributed by atoms with Crippen LogP contribution >= 0.6 is 45.2 Å². The van der Waals surface area contributed by atoms with Crippen LogP contribution in [0, 0.1) is 6.57 Å². The van der Waals surface area contributed by atoms with E-state index in [1.807, 2.05) is 4.57 Å². The van der Waals surface area contributed by atoms with Gasteiger partial charge in [-0.1, -0.05) is 52.1 Å². The summed E-state index contributed by atoms with van der Waals surface area (Å²) >= 11 is 4.77. The highest BCUT2D eigenvalue weighted by Crippen LogP contribution is 2.27. The number of hydrogen-bond donors (Lipinski definition) is 1. The Kier molecular flexibility index (Phi) is 7.22. The molecule has 1 aliphatic rings. The molecule has 0 spiro atoms. The van der Waals surface area contributed by atoms with Crippen molar-refractivity contribution in [3.05, 3.63) is 17.7 Å². The van der Waals surface area contributed by atoms with Gasteiger partial charge in [-0.3, -0.25) is 4.57 Å². The summed E-state index contributed by atoms with van der Waals surface area (Å²) in [5.74, 6) is 0.276. The summed E-state index contributed by atoms with van der Waals surface area (Å²) < 4.78 is 9.63. The van der Waals surface area contributed by atoms with Crippen LogP contribution in [0.4, 0.5) is 11.8 Å². The van der Waals surface area contributed by atoms with E-state index in [0.717, 1.165) is 29.8 Å². The minimum atomic E-state index is -0.0726. The van der Waals surface area contributed by atoms with Crippen molar-refractivity contribution in [3.8, 4) is 0 Å². The number of nitrogen functional groups attached to an aromatic ring is 1. The van der Waals surface area contributed by atoms with Gasteiger partial charge in [-0.25, -0.2) is 4.98 Å². The molecule has 3 heterocycles. The number of aromatic nitrogens is 4. The van der Waals surface area contributed by atoms with E-state index in [0.29, 0.717) is 11.2 Å². The molecule has 2 N–H and O–H groups in total. The number of halogens is 2. The van der Waals surface area contributed by atoms with E-state index in [1.165, 1.54) is 4.43 Å². The van der Waals surface area contributed by atoms with Crippen LogP contribution in [0.3, 0.4) is 0 Å². The van der Waals surface area contributed by atoms with Gasteiger partial charge in [0.05, 0.1) is 0 Å². The molecular weight excluding hydrogens is 522 g/mol. The maximum absolute atomic E-state index is 6.97. The molecule has 2 aromatic heterocycles. The quantitative estimate of drug-likeness (QED) is 0.355. The molecule has 23 heavy (non-hydrogen) atoms. The zero-order valence-electron chi connectivity index (χ0n) is 12.7. The first kappa shape index (κ1) is 18.6. The van der Waals surface area contributed by atoms with E-state index >= 15 is 0 Å². The Morgan fingerprint density at radius 2 is 2.26 bits per heavy atom. The van der Waals surface area contributed by atoms with Crippen molar-refractivity contribution >= 4 is 68.1 Å². The second-order valence-electron chi connectivity index (χ2n) is 5.10. The van der Waals surface area contributed by atoms with Gasteiger partial charge in [-0.05, 0) is 19.3 Å². The lowest BCUT2D eigenvalue weighted by Gasteiger charge is -2.23. The number of rotatable bonds is 2. The predicted octanol–water partition coefficient (Wildman–Crippen LogP) is 3.90. The van der Waals surface area contributed by atoms with Gasteiger partial charge >= 0.3 is 5.95 Å². The lowest BCUT2D eigenvalue weighted by molar-refractivity contribution is -0.0298. The molecule has 7 nitrogen and oxygen atoms in total. The third kappa shape index (κ3) is 4.87. The van der Waals surface area contributed by atoms with Crippen molar-refractivity contribution in [1.82, 2.24) is 19.5 Å². The molecule has 9 heteroatoms. The van der Waals surface area contributed by atoms with Crippen LogP contribution in [-0.4, -0.2) is 34.5 Å². The fourth-order valence-corrected chi connectivity index (χ4v) is 2.13. The molecule has 2 aromatic rings. The zero-order chi connectivity index (χ0) is 16.8. The van der Waals surface area contributed by atoms with E-state index in [1.54, 1.807) is 6.33 Å². The summed E-state index contributed by atoms with van der Waals surface area (Å²) in [6.07, 6.45) is 4.69. The van der Waals surface area contributed by atoms with Gasteiger partial charge in [-0.15, -0.1) is 16.5 Å².